The number of carbonyl (C=O) groups excluding carboxylic acids is 1. The third kappa shape index (κ3) is 2.20. The zero-order valence-corrected chi connectivity index (χ0v) is 12.2. The van der Waals surface area contributed by atoms with E-state index in [4.69, 9.17) is 0 Å². The lowest BCUT2D eigenvalue weighted by atomic mass is 10.1. The molecular weight excluding hydrogens is 276 g/mol. The summed E-state index contributed by atoms with van der Waals surface area (Å²) >= 11 is 0. The lowest BCUT2D eigenvalue weighted by Gasteiger charge is -2.06. The minimum atomic E-state index is -3.50. The SMILES string of the molecule is Cc1cn(C)c2cc(C(=O)NS(=O)(=O)C3CC3)ccc12. The molecular formula is C14H16N2O3S. The number of aromatic nitrogens is 1. The van der Waals surface area contributed by atoms with Crippen molar-refractivity contribution in [3.8, 4) is 0 Å². The average Bonchev–Trinajstić information content (AvgIpc) is 3.18. The van der Waals surface area contributed by atoms with Crippen LogP contribution < -0.4 is 4.72 Å². The summed E-state index contributed by atoms with van der Waals surface area (Å²) in [7, 11) is -1.60. The van der Waals surface area contributed by atoms with Gasteiger partial charge in [0, 0.05) is 29.7 Å². The molecule has 1 heterocycles. The van der Waals surface area contributed by atoms with Crippen molar-refractivity contribution < 1.29 is 13.2 Å². The zero-order chi connectivity index (χ0) is 14.5. The molecule has 1 aromatic heterocycles. The molecule has 0 saturated heterocycles. The number of nitrogens with one attached hydrogen (secondary N) is 1. The molecule has 1 N–H and O–H groups in total. The van der Waals surface area contributed by atoms with E-state index >= 15 is 0 Å². The quantitative estimate of drug-likeness (QED) is 0.936. The standard InChI is InChI=1S/C14H16N2O3S/c1-9-8-16(2)13-7-10(3-6-12(9)13)14(17)15-20(18,19)11-4-5-11/h3,6-8,11H,4-5H2,1-2H3,(H,15,17). The molecule has 0 radical (unpaired) electrons. The second-order valence-corrected chi connectivity index (χ2v) is 7.29. The molecule has 20 heavy (non-hydrogen) atoms. The fourth-order valence-corrected chi connectivity index (χ4v) is 3.68. The van der Waals surface area contributed by atoms with Gasteiger partial charge in [0.2, 0.25) is 10.0 Å². The highest BCUT2D eigenvalue weighted by molar-refractivity contribution is 7.91. The molecule has 106 valence electrons. The van der Waals surface area contributed by atoms with Crippen molar-refractivity contribution in [2.24, 2.45) is 7.05 Å². The fraction of sp³-hybridized carbons (Fsp3) is 0.357. The predicted octanol–water partition coefficient (Wildman–Crippen LogP) is 1.71. The van der Waals surface area contributed by atoms with Crippen molar-refractivity contribution in [3.63, 3.8) is 0 Å². The van der Waals surface area contributed by atoms with Gasteiger partial charge in [-0.15, -0.1) is 0 Å². The van der Waals surface area contributed by atoms with Crippen molar-refractivity contribution >= 4 is 26.8 Å². The van der Waals surface area contributed by atoms with E-state index in [9.17, 15) is 13.2 Å². The lowest BCUT2D eigenvalue weighted by molar-refractivity contribution is 0.0981. The highest BCUT2D eigenvalue weighted by Crippen LogP contribution is 2.28. The Morgan fingerprint density at radius 2 is 2.05 bits per heavy atom. The predicted molar refractivity (Wildman–Crippen MR) is 77.1 cm³/mol. The maximum Gasteiger partial charge on any atom is 0.264 e. The molecule has 0 aliphatic heterocycles. The van der Waals surface area contributed by atoms with Gasteiger partial charge in [-0.3, -0.25) is 4.79 Å². The first-order valence-corrected chi connectivity index (χ1v) is 8.05. The molecule has 5 nitrogen and oxygen atoms in total. The first-order valence-electron chi connectivity index (χ1n) is 6.50. The zero-order valence-electron chi connectivity index (χ0n) is 11.4. The number of carbonyl (C=O) groups is 1. The molecule has 1 amide bonds. The van der Waals surface area contributed by atoms with Crippen molar-refractivity contribution in [3.05, 3.63) is 35.5 Å². The summed E-state index contributed by atoms with van der Waals surface area (Å²) in [5, 5.41) is 0.668. The topological polar surface area (TPSA) is 68.2 Å². The second kappa shape index (κ2) is 4.34. The van der Waals surface area contributed by atoms with Crippen LogP contribution in [0.3, 0.4) is 0 Å². The van der Waals surface area contributed by atoms with Crippen molar-refractivity contribution in [2.75, 3.05) is 0 Å². The molecule has 1 aliphatic carbocycles. The van der Waals surface area contributed by atoms with E-state index in [2.05, 4.69) is 4.72 Å². The van der Waals surface area contributed by atoms with Crippen LogP contribution in [0.4, 0.5) is 0 Å². The number of rotatable bonds is 3. The first-order chi connectivity index (χ1) is 9.38. The van der Waals surface area contributed by atoms with Crippen LogP contribution in [0.1, 0.15) is 28.8 Å². The Kier molecular flexibility index (Phi) is 2.86. The summed E-state index contributed by atoms with van der Waals surface area (Å²) in [5.41, 5.74) is 2.40. The van der Waals surface area contributed by atoms with Crippen LogP contribution in [0.2, 0.25) is 0 Å². The van der Waals surface area contributed by atoms with Gasteiger partial charge in [0.1, 0.15) is 0 Å². The Bertz CT molecular complexity index is 801. The van der Waals surface area contributed by atoms with Crippen LogP contribution in [0.15, 0.2) is 24.4 Å². The third-order valence-electron chi connectivity index (χ3n) is 3.65. The van der Waals surface area contributed by atoms with Crippen molar-refractivity contribution in [1.82, 2.24) is 9.29 Å². The van der Waals surface area contributed by atoms with E-state index in [1.165, 1.54) is 0 Å². The van der Waals surface area contributed by atoms with Crippen LogP contribution in [-0.4, -0.2) is 24.1 Å². The van der Waals surface area contributed by atoms with Gasteiger partial charge in [0.05, 0.1) is 5.25 Å². The van der Waals surface area contributed by atoms with Crippen LogP contribution in [0, 0.1) is 6.92 Å². The summed E-state index contributed by atoms with van der Waals surface area (Å²) in [6, 6.07) is 5.23. The molecule has 0 bridgehead atoms. The smallest absolute Gasteiger partial charge is 0.264 e. The Labute approximate surface area is 117 Å². The van der Waals surface area contributed by atoms with Gasteiger partial charge < -0.3 is 4.57 Å². The largest absolute Gasteiger partial charge is 0.350 e. The Morgan fingerprint density at radius 3 is 2.70 bits per heavy atom. The average molecular weight is 292 g/mol. The fourth-order valence-electron chi connectivity index (χ4n) is 2.38. The number of benzene rings is 1. The normalized spacial score (nSPS) is 15.5. The molecule has 0 atom stereocenters. The van der Waals surface area contributed by atoms with Crippen LogP contribution >= 0.6 is 0 Å². The highest BCUT2D eigenvalue weighted by atomic mass is 32.2. The number of aryl methyl sites for hydroxylation is 2. The van der Waals surface area contributed by atoms with Gasteiger partial charge in [0.25, 0.3) is 5.91 Å². The van der Waals surface area contributed by atoms with E-state index in [0.717, 1.165) is 16.5 Å². The summed E-state index contributed by atoms with van der Waals surface area (Å²) in [5.74, 6) is -0.558. The molecule has 1 aliphatic rings. The Balaban J connectivity index is 1.94. The molecule has 1 fully saturated rings. The Hall–Kier alpha value is -1.82. The summed E-state index contributed by atoms with van der Waals surface area (Å²) in [6.45, 7) is 2.00. The summed E-state index contributed by atoms with van der Waals surface area (Å²) in [4.78, 5) is 12.1. The number of fused-ring (bicyclic) bond motifs is 1. The lowest BCUT2D eigenvalue weighted by Crippen LogP contribution is -2.33. The van der Waals surface area contributed by atoms with Crippen LogP contribution in [0.5, 0.6) is 0 Å². The highest BCUT2D eigenvalue weighted by Gasteiger charge is 2.36. The minimum Gasteiger partial charge on any atom is -0.350 e. The second-order valence-electron chi connectivity index (χ2n) is 5.33. The number of hydrogen-bond acceptors (Lipinski definition) is 3. The molecule has 0 unspecified atom stereocenters. The van der Waals surface area contributed by atoms with Gasteiger partial charge >= 0.3 is 0 Å². The van der Waals surface area contributed by atoms with Gasteiger partial charge in [-0.25, -0.2) is 13.1 Å². The maximum absolute atomic E-state index is 12.1. The third-order valence-corrected chi connectivity index (χ3v) is 5.47. The van der Waals surface area contributed by atoms with Crippen LogP contribution in [0.25, 0.3) is 10.9 Å². The molecule has 6 heteroatoms. The van der Waals surface area contributed by atoms with E-state index in [1.54, 1.807) is 12.1 Å². The maximum atomic E-state index is 12.1. The first kappa shape index (κ1) is 13.2. The van der Waals surface area contributed by atoms with Gasteiger partial charge in [-0.05, 0) is 37.5 Å². The molecule has 0 spiro atoms. The van der Waals surface area contributed by atoms with Crippen LogP contribution in [-0.2, 0) is 17.1 Å². The van der Waals surface area contributed by atoms with Gasteiger partial charge in [-0.1, -0.05) is 6.07 Å². The molecule has 1 aromatic carbocycles. The minimum absolute atomic E-state index is 0.364. The van der Waals surface area contributed by atoms with E-state index in [-0.39, 0.29) is 0 Å². The van der Waals surface area contributed by atoms with Crippen molar-refractivity contribution in [2.45, 2.75) is 25.0 Å². The van der Waals surface area contributed by atoms with Gasteiger partial charge in [0.15, 0.2) is 0 Å². The monoisotopic (exact) mass is 292 g/mol. The van der Waals surface area contributed by atoms with E-state index < -0.39 is 21.2 Å². The molecule has 3 rings (SSSR count). The van der Waals surface area contributed by atoms with Gasteiger partial charge in [-0.2, -0.15) is 0 Å². The number of sulfonamides is 1. The van der Waals surface area contributed by atoms with E-state index in [1.807, 2.05) is 30.8 Å². The molecule has 1 saturated carbocycles. The molecule has 2 aromatic rings. The number of hydrogen-bond donors (Lipinski definition) is 1. The number of nitrogens with zero attached hydrogens (tertiary/aromatic N) is 1. The Morgan fingerprint density at radius 1 is 1.35 bits per heavy atom. The summed E-state index contributed by atoms with van der Waals surface area (Å²) < 4.78 is 27.6. The number of amides is 1. The summed E-state index contributed by atoms with van der Waals surface area (Å²) in [6.07, 6.45) is 3.25. The van der Waals surface area contributed by atoms with E-state index in [0.29, 0.717) is 18.4 Å². The van der Waals surface area contributed by atoms with Crippen molar-refractivity contribution in [1.29, 1.82) is 0 Å².